The van der Waals surface area contributed by atoms with Gasteiger partial charge in [0, 0.05) is 23.5 Å². The summed E-state index contributed by atoms with van der Waals surface area (Å²) in [5.41, 5.74) is -0.863. The number of fused-ring (bicyclic) bond motifs is 1. The highest BCUT2D eigenvalue weighted by molar-refractivity contribution is 5.94. The van der Waals surface area contributed by atoms with Crippen molar-refractivity contribution >= 4 is 17.3 Å². The molecule has 174 valence electrons. The van der Waals surface area contributed by atoms with Crippen molar-refractivity contribution in [2.45, 2.75) is 46.4 Å². The van der Waals surface area contributed by atoms with Crippen LogP contribution in [0.15, 0.2) is 36.4 Å². The average Bonchev–Trinajstić information content (AvgIpc) is 3.20. The van der Waals surface area contributed by atoms with Gasteiger partial charge in [0.15, 0.2) is 6.10 Å². The first kappa shape index (κ1) is 26.9. The van der Waals surface area contributed by atoms with Gasteiger partial charge in [-0.25, -0.2) is 4.39 Å². The minimum Gasteiger partial charge on any atom is -0.381 e. The molecule has 1 atom stereocenters. The maximum absolute atomic E-state index is 13.8. The molecule has 3 rings (SSSR count). The Kier molecular flexibility index (Phi) is 10.1. The van der Waals surface area contributed by atoms with Crippen LogP contribution in [0.25, 0.3) is 0 Å². The molecule has 0 unspecified atom stereocenters. The first-order valence-corrected chi connectivity index (χ1v) is 10.3. The Bertz CT molecular complexity index is 955. The maximum atomic E-state index is 13.8. The molecule has 0 saturated carbocycles. The van der Waals surface area contributed by atoms with Gasteiger partial charge in [0.1, 0.15) is 5.82 Å². The van der Waals surface area contributed by atoms with Crippen LogP contribution < -0.4 is 10.2 Å². The summed E-state index contributed by atoms with van der Waals surface area (Å²) in [6.45, 7) is 8.28. The van der Waals surface area contributed by atoms with Crippen LogP contribution in [-0.2, 0) is 17.4 Å². The number of aliphatic hydroxyl groups is 1. The second-order valence-electron chi connectivity index (χ2n) is 6.31. The van der Waals surface area contributed by atoms with Crippen LogP contribution in [0.3, 0.4) is 0 Å². The summed E-state index contributed by atoms with van der Waals surface area (Å²) >= 11 is 0. The number of alkyl halides is 3. The Morgan fingerprint density at radius 1 is 1.22 bits per heavy atom. The summed E-state index contributed by atoms with van der Waals surface area (Å²) in [5.74, 6) is -1.26. The first-order chi connectivity index (χ1) is 15.2. The molecule has 0 fully saturated rings. The number of carbonyl (C=O) groups excluding carboxylic acids is 1. The van der Waals surface area contributed by atoms with Gasteiger partial charge in [-0.1, -0.05) is 33.8 Å². The van der Waals surface area contributed by atoms with Gasteiger partial charge in [0.2, 0.25) is 0 Å². The molecule has 2 N–H and O–H groups in total. The predicted molar refractivity (Wildman–Crippen MR) is 116 cm³/mol. The van der Waals surface area contributed by atoms with E-state index in [9.17, 15) is 27.5 Å². The highest BCUT2D eigenvalue weighted by Gasteiger charge is 2.34. The minimum atomic E-state index is -4.76. The number of nitriles is 1. The van der Waals surface area contributed by atoms with Gasteiger partial charge in [-0.2, -0.15) is 18.4 Å². The van der Waals surface area contributed by atoms with Gasteiger partial charge < -0.3 is 15.3 Å². The molecule has 5 nitrogen and oxygen atoms in total. The van der Waals surface area contributed by atoms with Gasteiger partial charge in [-0.05, 0) is 36.8 Å². The Balaban J connectivity index is 0.00000121. The maximum Gasteiger partial charge on any atom is 0.417 e. The number of nitrogens with one attached hydrogen (secondary N) is 1. The lowest BCUT2D eigenvalue weighted by molar-refractivity contribution is -0.137. The van der Waals surface area contributed by atoms with Gasteiger partial charge in [-0.3, -0.25) is 4.79 Å². The van der Waals surface area contributed by atoms with Crippen molar-refractivity contribution in [3.8, 4) is 6.07 Å². The summed E-state index contributed by atoms with van der Waals surface area (Å²) in [5, 5.41) is 21.2. The van der Waals surface area contributed by atoms with Gasteiger partial charge >= 0.3 is 6.18 Å². The monoisotopic (exact) mass is 453 g/mol. The number of amides is 1. The topological polar surface area (TPSA) is 76.4 Å². The zero-order valence-corrected chi connectivity index (χ0v) is 18.4. The molecule has 0 saturated heterocycles. The van der Waals surface area contributed by atoms with Crippen molar-refractivity contribution in [3.63, 3.8) is 0 Å². The minimum absolute atomic E-state index is 0.134. The Morgan fingerprint density at radius 3 is 2.47 bits per heavy atom. The highest BCUT2D eigenvalue weighted by atomic mass is 19.4. The fourth-order valence-electron chi connectivity index (χ4n) is 3.12. The quantitative estimate of drug-likeness (QED) is 0.630. The van der Waals surface area contributed by atoms with Gasteiger partial charge in [0.25, 0.3) is 5.91 Å². The van der Waals surface area contributed by atoms with Crippen LogP contribution in [-0.4, -0.2) is 30.2 Å². The summed E-state index contributed by atoms with van der Waals surface area (Å²) in [4.78, 5) is 13.8. The van der Waals surface area contributed by atoms with E-state index in [0.29, 0.717) is 30.3 Å². The van der Waals surface area contributed by atoms with Crippen LogP contribution in [0.5, 0.6) is 0 Å². The number of benzene rings is 2. The van der Waals surface area contributed by atoms with Crippen molar-refractivity contribution in [1.82, 2.24) is 0 Å². The molecule has 9 heteroatoms. The number of hydrogen-bond donors (Lipinski definition) is 2. The molecule has 1 heterocycles. The van der Waals surface area contributed by atoms with Crippen LogP contribution >= 0.6 is 0 Å². The standard InChI is InChI=1S/C19H15F4N3O2.2C2H6/c20-15-2-1-3-16-13(15)6-7-26(16)10-17(27)18(28)25-12-5-4-11(9-24)14(8-12)19(21,22)23;2*1-2/h1-5,8,17,27H,6-7,10H2,(H,25,28);2*1-2H3/t17-;;/m0../s1. The smallest absolute Gasteiger partial charge is 0.381 e. The summed E-state index contributed by atoms with van der Waals surface area (Å²) in [7, 11) is 0. The van der Waals surface area contributed by atoms with E-state index in [0.717, 1.165) is 12.1 Å². The number of carbonyl (C=O) groups is 1. The Labute approximate surface area is 185 Å². The van der Waals surface area contributed by atoms with E-state index >= 15 is 0 Å². The van der Waals surface area contributed by atoms with E-state index in [1.54, 1.807) is 11.0 Å². The molecule has 1 amide bonds. The highest BCUT2D eigenvalue weighted by Crippen LogP contribution is 2.34. The average molecular weight is 453 g/mol. The second-order valence-corrected chi connectivity index (χ2v) is 6.31. The van der Waals surface area contributed by atoms with E-state index in [2.05, 4.69) is 5.32 Å². The van der Waals surface area contributed by atoms with E-state index in [4.69, 9.17) is 5.26 Å². The largest absolute Gasteiger partial charge is 0.417 e. The van der Waals surface area contributed by atoms with Crippen molar-refractivity contribution in [1.29, 1.82) is 5.26 Å². The Hall–Kier alpha value is -3.12. The summed E-state index contributed by atoms with van der Waals surface area (Å²) in [6, 6.07) is 8.71. The molecule has 0 aliphatic carbocycles. The van der Waals surface area contributed by atoms with Crippen LogP contribution in [0, 0.1) is 17.1 Å². The second kappa shape index (κ2) is 12.1. The molecule has 0 aromatic heterocycles. The summed E-state index contributed by atoms with van der Waals surface area (Å²) < 4.78 is 52.8. The molecule has 2 aromatic rings. The van der Waals surface area contributed by atoms with Gasteiger partial charge in [-0.15, -0.1) is 0 Å². The van der Waals surface area contributed by atoms with Crippen molar-refractivity contribution in [2.75, 3.05) is 23.3 Å². The van der Waals surface area contributed by atoms with E-state index in [1.165, 1.54) is 18.2 Å². The number of aliphatic hydroxyl groups excluding tert-OH is 1. The number of anilines is 2. The van der Waals surface area contributed by atoms with Crippen molar-refractivity contribution < 1.29 is 27.5 Å². The molecule has 0 spiro atoms. The van der Waals surface area contributed by atoms with Crippen molar-refractivity contribution in [3.05, 3.63) is 58.9 Å². The lowest BCUT2D eigenvalue weighted by Crippen LogP contribution is -2.39. The zero-order valence-electron chi connectivity index (χ0n) is 18.4. The fourth-order valence-corrected chi connectivity index (χ4v) is 3.12. The normalized spacial score (nSPS) is 12.9. The molecule has 1 aliphatic heterocycles. The third-order valence-corrected chi connectivity index (χ3v) is 4.48. The number of halogens is 4. The number of β-amino-alcohol motifs (C(OH)–C–C–N with tert-alkyl or cyclic N) is 1. The van der Waals surface area contributed by atoms with E-state index in [-0.39, 0.29) is 18.0 Å². The number of hydrogen-bond acceptors (Lipinski definition) is 4. The first-order valence-electron chi connectivity index (χ1n) is 10.3. The number of nitrogens with zero attached hydrogens (tertiary/aromatic N) is 2. The molecular formula is C23H27F4N3O2. The van der Waals surface area contributed by atoms with Gasteiger partial charge in [0.05, 0.1) is 23.7 Å². The zero-order chi connectivity index (χ0) is 24.5. The number of rotatable bonds is 4. The fraction of sp³-hybridized carbons (Fsp3) is 0.391. The van der Waals surface area contributed by atoms with E-state index < -0.39 is 29.3 Å². The SMILES string of the molecule is CC.CC.N#Cc1ccc(NC(=O)[C@@H](O)CN2CCc3c(F)cccc32)cc1C(F)(F)F. The molecule has 0 bridgehead atoms. The summed E-state index contributed by atoms with van der Waals surface area (Å²) in [6.07, 6.45) is -5.87. The Morgan fingerprint density at radius 2 is 1.88 bits per heavy atom. The lowest BCUT2D eigenvalue weighted by atomic mass is 10.1. The lowest BCUT2D eigenvalue weighted by Gasteiger charge is -2.22. The van der Waals surface area contributed by atoms with Crippen LogP contribution in [0.1, 0.15) is 44.4 Å². The molecular weight excluding hydrogens is 426 g/mol. The molecule has 2 aromatic carbocycles. The molecule has 0 radical (unpaired) electrons. The molecule has 32 heavy (non-hydrogen) atoms. The third-order valence-electron chi connectivity index (χ3n) is 4.48. The van der Waals surface area contributed by atoms with E-state index in [1.807, 2.05) is 27.7 Å². The predicted octanol–water partition coefficient (Wildman–Crippen LogP) is 5.13. The third kappa shape index (κ3) is 6.44. The van der Waals surface area contributed by atoms with Crippen LogP contribution in [0.2, 0.25) is 0 Å². The molecule has 1 aliphatic rings. The van der Waals surface area contributed by atoms with Crippen molar-refractivity contribution in [2.24, 2.45) is 0 Å². The van der Waals surface area contributed by atoms with Crippen LogP contribution in [0.4, 0.5) is 28.9 Å².